The van der Waals surface area contributed by atoms with Crippen molar-refractivity contribution in [3.8, 4) is 0 Å². The highest BCUT2D eigenvalue weighted by Gasteiger charge is 2.35. The molecule has 4 rings (SSSR count). The SMILES string of the molecule is Cc1nc(C)c(C(=O)N(Cc2cnc3ccccn23)C2CC2)s1. The molecule has 118 valence electrons. The summed E-state index contributed by atoms with van der Waals surface area (Å²) in [5.74, 6) is 0.0986. The molecule has 0 atom stereocenters. The molecule has 0 unspecified atom stereocenters. The van der Waals surface area contributed by atoms with Crippen molar-refractivity contribution < 1.29 is 4.79 Å². The van der Waals surface area contributed by atoms with Crippen LogP contribution in [-0.2, 0) is 6.54 Å². The van der Waals surface area contributed by atoms with Gasteiger partial charge in [-0.3, -0.25) is 4.79 Å². The Morgan fingerprint density at radius 2 is 2.22 bits per heavy atom. The molecule has 3 aromatic heterocycles. The number of rotatable bonds is 4. The van der Waals surface area contributed by atoms with Gasteiger partial charge in [-0.2, -0.15) is 0 Å². The van der Waals surface area contributed by atoms with Gasteiger partial charge in [0, 0.05) is 12.2 Å². The van der Waals surface area contributed by atoms with Crippen molar-refractivity contribution in [1.82, 2.24) is 19.3 Å². The fraction of sp³-hybridized carbons (Fsp3) is 0.353. The van der Waals surface area contributed by atoms with Gasteiger partial charge in [0.1, 0.15) is 10.5 Å². The Morgan fingerprint density at radius 3 is 2.91 bits per heavy atom. The molecule has 0 aromatic carbocycles. The average Bonchev–Trinajstić information content (AvgIpc) is 3.21. The summed E-state index contributed by atoms with van der Waals surface area (Å²) >= 11 is 1.49. The van der Waals surface area contributed by atoms with Crippen LogP contribution in [0.4, 0.5) is 0 Å². The normalized spacial score (nSPS) is 14.3. The molecule has 1 fully saturated rings. The molecule has 1 aliphatic carbocycles. The number of hydrogen-bond acceptors (Lipinski definition) is 4. The lowest BCUT2D eigenvalue weighted by Crippen LogP contribution is -2.33. The third-order valence-corrected chi connectivity index (χ3v) is 5.23. The molecule has 3 aromatic rings. The fourth-order valence-electron chi connectivity index (χ4n) is 2.89. The van der Waals surface area contributed by atoms with Crippen LogP contribution < -0.4 is 0 Å². The molecule has 0 radical (unpaired) electrons. The van der Waals surface area contributed by atoms with Crippen molar-refractivity contribution in [2.45, 2.75) is 39.3 Å². The number of aryl methyl sites for hydroxylation is 2. The number of amides is 1. The topological polar surface area (TPSA) is 50.5 Å². The Labute approximate surface area is 138 Å². The Kier molecular flexibility index (Phi) is 3.41. The predicted octanol–water partition coefficient (Wildman–Crippen LogP) is 3.21. The summed E-state index contributed by atoms with van der Waals surface area (Å²) in [6, 6.07) is 6.28. The van der Waals surface area contributed by atoms with Crippen LogP contribution in [0.25, 0.3) is 5.65 Å². The first kappa shape index (κ1) is 14.4. The third-order valence-electron chi connectivity index (χ3n) is 4.17. The Morgan fingerprint density at radius 1 is 1.39 bits per heavy atom. The van der Waals surface area contributed by atoms with E-state index >= 15 is 0 Å². The summed E-state index contributed by atoms with van der Waals surface area (Å²) in [5, 5.41) is 0.941. The van der Waals surface area contributed by atoms with Gasteiger partial charge in [0.2, 0.25) is 0 Å². The fourth-order valence-corrected chi connectivity index (χ4v) is 3.77. The van der Waals surface area contributed by atoms with Crippen LogP contribution in [0.15, 0.2) is 30.6 Å². The van der Waals surface area contributed by atoms with Crippen molar-refractivity contribution in [1.29, 1.82) is 0 Å². The van der Waals surface area contributed by atoms with E-state index in [1.54, 1.807) is 0 Å². The molecule has 1 aliphatic rings. The number of thiazole rings is 1. The van der Waals surface area contributed by atoms with Crippen molar-refractivity contribution in [2.75, 3.05) is 0 Å². The number of pyridine rings is 1. The van der Waals surface area contributed by atoms with Crippen LogP contribution in [0.1, 0.15) is 38.9 Å². The van der Waals surface area contributed by atoms with E-state index in [0.717, 1.165) is 39.8 Å². The van der Waals surface area contributed by atoms with E-state index in [9.17, 15) is 4.79 Å². The molecule has 0 bridgehead atoms. The van der Waals surface area contributed by atoms with Crippen molar-refractivity contribution in [3.05, 3.63) is 51.9 Å². The molecule has 5 nitrogen and oxygen atoms in total. The first-order chi connectivity index (χ1) is 11.1. The lowest BCUT2D eigenvalue weighted by molar-refractivity contribution is 0.0731. The second-order valence-corrected chi connectivity index (χ2v) is 7.19. The number of aromatic nitrogens is 3. The van der Waals surface area contributed by atoms with Crippen LogP contribution in [0, 0.1) is 13.8 Å². The largest absolute Gasteiger partial charge is 0.329 e. The van der Waals surface area contributed by atoms with E-state index in [2.05, 4.69) is 9.97 Å². The van der Waals surface area contributed by atoms with Gasteiger partial charge in [-0.05, 0) is 38.8 Å². The summed E-state index contributed by atoms with van der Waals surface area (Å²) < 4.78 is 2.05. The number of carbonyl (C=O) groups is 1. The molecule has 1 saturated carbocycles. The smallest absolute Gasteiger partial charge is 0.266 e. The summed E-state index contributed by atoms with van der Waals surface area (Å²) in [6.07, 6.45) is 6.02. The van der Waals surface area contributed by atoms with Gasteiger partial charge in [-0.15, -0.1) is 11.3 Å². The summed E-state index contributed by atoms with van der Waals surface area (Å²) in [7, 11) is 0. The standard InChI is InChI=1S/C17H18N4OS/c1-11-16(23-12(2)19-11)17(22)21(13-6-7-13)10-14-9-18-15-5-3-4-8-20(14)15/h3-5,8-9,13H,6-7,10H2,1-2H3. The molecular weight excluding hydrogens is 308 g/mol. The lowest BCUT2D eigenvalue weighted by Gasteiger charge is -2.21. The molecule has 0 spiro atoms. The number of imidazole rings is 1. The van der Waals surface area contributed by atoms with Gasteiger partial charge < -0.3 is 9.30 Å². The van der Waals surface area contributed by atoms with E-state index in [-0.39, 0.29) is 5.91 Å². The van der Waals surface area contributed by atoms with Crippen LogP contribution in [0.2, 0.25) is 0 Å². The molecule has 3 heterocycles. The first-order valence-corrected chi connectivity index (χ1v) is 8.61. The maximum atomic E-state index is 13.0. The molecule has 0 saturated heterocycles. The molecule has 0 N–H and O–H groups in total. The number of hydrogen-bond donors (Lipinski definition) is 0. The van der Waals surface area contributed by atoms with E-state index in [1.807, 2.05) is 53.7 Å². The first-order valence-electron chi connectivity index (χ1n) is 7.79. The van der Waals surface area contributed by atoms with Crippen LogP contribution in [0.5, 0.6) is 0 Å². The van der Waals surface area contributed by atoms with Crippen molar-refractivity contribution in [3.63, 3.8) is 0 Å². The number of nitrogens with zero attached hydrogens (tertiary/aromatic N) is 4. The molecule has 1 amide bonds. The zero-order valence-corrected chi connectivity index (χ0v) is 14.0. The van der Waals surface area contributed by atoms with Gasteiger partial charge in [0.05, 0.1) is 29.1 Å². The van der Waals surface area contributed by atoms with Gasteiger partial charge in [-0.25, -0.2) is 9.97 Å². The Hall–Kier alpha value is -2.21. The summed E-state index contributed by atoms with van der Waals surface area (Å²) in [4.78, 5) is 24.6. The average molecular weight is 326 g/mol. The monoisotopic (exact) mass is 326 g/mol. The van der Waals surface area contributed by atoms with Gasteiger partial charge >= 0.3 is 0 Å². The van der Waals surface area contributed by atoms with Gasteiger partial charge in [0.25, 0.3) is 5.91 Å². The highest BCUT2D eigenvalue weighted by atomic mass is 32.1. The van der Waals surface area contributed by atoms with Crippen molar-refractivity contribution >= 4 is 22.9 Å². The molecule has 0 aliphatic heterocycles. The second-order valence-electron chi connectivity index (χ2n) is 5.99. The molecule has 23 heavy (non-hydrogen) atoms. The zero-order valence-electron chi connectivity index (χ0n) is 13.2. The predicted molar refractivity (Wildman–Crippen MR) is 89.7 cm³/mol. The van der Waals surface area contributed by atoms with Crippen LogP contribution in [0.3, 0.4) is 0 Å². The zero-order chi connectivity index (χ0) is 16.0. The number of fused-ring (bicyclic) bond motifs is 1. The quantitative estimate of drug-likeness (QED) is 0.740. The maximum Gasteiger partial charge on any atom is 0.266 e. The van der Waals surface area contributed by atoms with Crippen LogP contribution in [-0.4, -0.2) is 31.2 Å². The van der Waals surface area contributed by atoms with E-state index in [0.29, 0.717) is 12.6 Å². The van der Waals surface area contributed by atoms with Gasteiger partial charge in [-0.1, -0.05) is 6.07 Å². The van der Waals surface area contributed by atoms with Crippen molar-refractivity contribution in [2.24, 2.45) is 0 Å². The van der Waals surface area contributed by atoms with E-state index in [1.165, 1.54) is 11.3 Å². The maximum absolute atomic E-state index is 13.0. The second kappa shape index (κ2) is 5.45. The summed E-state index contributed by atoms with van der Waals surface area (Å²) in [5.41, 5.74) is 2.79. The van der Waals surface area contributed by atoms with E-state index < -0.39 is 0 Å². The minimum Gasteiger partial charge on any atom is -0.329 e. The molecule has 6 heteroatoms. The van der Waals surface area contributed by atoms with Crippen LogP contribution >= 0.6 is 11.3 Å². The minimum atomic E-state index is 0.0986. The Bertz CT molecular complexity index is 878. The minimum absolute atomic E-state index is 0.0986. The highest BCUT2D eigenvalue weighted by Crippen LogP contribution is 2.31. The summed E-state index contributed by atoms with van der Waals surface area (Å²) in [6.45, 7) is 4.45. The highest BCUT2D eigenvalue weighted by molar-refractivity contribution is 7.13. The Balaban J connectivity index is 1.66. The third kappa shape index (κ3) is 2.63. The lowest BCUT2D eigenvalue weighted by atomic mass is 10.3. The van der Waals surface area contributed by atoms with E-state index in [4.69, 9.17) is 0 Å². The molecular formula is C17H18N4OS. The van der Waals surface area contributed by atoms with Gasteiger partial charge in [0.15, 0.2) is 0 Å². The number of carbonyl (C=O) groups excluding carboxylic acids is 1.